The van der Waals surface area contributed by atoms with Gasteiger partial charge in [0.15, 0.2) is 0 Å². The van der Waals surface area contributed by atoms with Gasteiger partial charge in [-0.05, 0) is 30.5 Å². The van der Waals surface area contributed by atoms with Crippen molar-refractivity contribution in [2.45, 2.75) is 26.9 Å². The summed E-state index contributed by atoms with van der Waals surface area (Å²) in [5.41, 5.74) is 1.12. The Labute approximate surface area is 86.4 Å². The van der Waals surface area contributed by atoms with Crippen LogP contribution >= 0.6 is 0 Å². The standard InChI is InChI=1S/C13H18O/c1-5-12-6-8-13(9-7-12)14-11(4)10(2)3/h5-11H,1H2,2-4H3. The molecule has 1 aromatic carbocycles. The minimum Gasteiger partial charge on any atom is -0.490 e. The molecule has 0 amide bonds. The molecule has 0 spiro atoms. The summed E-state index contributed by atoms with van der Waals surface area (Å²) in [4.78, 5) is 0. The third-order valence-electron chi connectivity index (χ3n) is 2.38. The fourth-order valence-electron chi connectivity index (χ4n) is 1.03. The molecule has 1 rings (SSSR count). The second-order valence-electron chi connectivity index (χ2n) is 3.84. The average molecular weight is 190 g/mol. The second-order valence-corrected chi connectivity index (χ2v) is 3.84. The first-order valence-electron chi connectivity index (χ1n) is 5.02. The van der Waals surface area contributed by atoms with Crippen molar-refractivity contribution in [3.8, 4) is 5.75 Å². The molecular formula is C13H18O. The molecule has 1 unspecified atom stereocenters. The zero-order valence-electron chi connectivity index (χ0n) is 9.16. The molecule has 1 aromatic rings. The fraction of sp³-hybridized carbons (Fsp3) is 0.385. The summed E-state index contributed by atoms with van der Waals surface area (Å²) >= 11 is 0. The predicted octanol–water partition coefficient (Wildman–Crippen LogP) is 3.75. The van der Waals surface area contributed by atoms with Gasteiger partial charge in [-0.15, -0.1) is 0 Å². The first kappa shape index (κ1) is 10.8. The summed E-state index contributed by atoms with van der Waals surface area (Å²) in [6, 6.07) is 7.98. The summed E-state index contributed by atoms with van der Waals surface area (Å²) in [5.74, 6) is 1.46. The molecule has 0 N–H and O–H groups in total. The lowest BCUT2D eigenvalue weighted by Crippen LogP contribution is -2.18. The lowest BCUT2D eigenvalue weighted by Gasteiger charge is -2.17. The van der Waals surface area contributed by atoms with Gasteiger partial charge in [0.05, 0.1) is 6.10 Å². The van der Waals surface area contributed by atoms with E-state index in [0.29, 0.717) is 5.92 Å². The molecule has 0 saturated heterocycles. The van der Waals surface area contributed by atoms with Gasteiger partial charge in [-0.1, -0.05) is 38.6 Å². The van der Waals surface area contributed by atoms with E-state index in [-0.39, 0.29) is 6.10 Å². The molecule has 0 aliphatic heterocycles. The van der Waals surface area contributed by atoms with E-state index in [0.717, 1.165) is 11.3 Å². The third-order valence-corrected chi connectivity index (χ3v) is 2.38. The lowest BCUT2D eigenvalue weighted by atomic mass is 10.1. The first-order valence-corrected chi connectivity index (χ1v) is 5.02. The molecule has 0 saturated carbocycles. The van der Waals surface area contributed by atoms with Gasteiger partial charge >= 0.3 is 0 Å². The van der Waals surface area contributed by atoms with Crippen LogP contribution in [0.3, 0.4) is 0 Å². The van der Waals surface area contributed by atoms with Gasteiger partial charge in [-0.25, -0.2) is 0 Å². The molecule has 0 aromatic heterocycles. The Morgan fingerprint density at radius 2 is 1.71 bits per heavy atom. The van der Waals surface area contributed by atoms with E-state index in [1.807, 2.05) is 30.3 Å². The topological polar surface area (TPSA) is 9.23 Å². The number of hydrogen-bond acceptors (Lipinski definition) is 1. The summed E-state index contributed by atoms with van der Waals surface area (Å²) in [7, 11) is 0. The molecule has 0 aliphatic rings. The molecule has 76 valence electrons. The van der Waals surface area contributed by atoms with Crippen LogP contribution in [0.25, 0.3) is 6.08 Å². The smallest absolute Gasteiger partial charge is 0.119 e. The minimum atomic E-state index is 0.254. The monoisotopic (exact) mass is 190 g/mol. The Kier molecular flexibility index (Phi) is 3.75. The Morgan fingerprint density at radius 3 is 2.14 bits per heavy atom. The summed E-state index contributed by atoms with van der Waals surface area (Å²) in [6.07, 6.45) is 2.08. The van der Waals surface area contributed by atoms with E-state index < -0.39 is 0 Å². The van der Waals surface area contributed by atoms with E-state index in [2.05, 4.69) is 27.4 Å². The van der Waals surface area contributed by atoms with Crippen molar-refractivity contribution in [1.82, 2.24) is 0 Å². The van der Waals surface area contributed by atoms with E-state index in [1.54, 1.807) is 0 Å². The number of hydrogen-bond donors (Lipinski definition) is 0. The molecule has 1 atom stereocenters. The van der Waals surface area contributed by atoms with Gasteiger partial charge in [0.25, 0.3) is 0 Å². The highest BCUT2D eigenvalue weighted by Gasteiger charge is 2.07. The molecule has 0 heterocycles. The fourth-order valence-corrected chi connectivity index (χ4v) is 1.03. The van der Waals surface area contributed by atoms with Crippen LogP contribution in [-0.4, -0.2) is 6.10 Å². The van der Waals surface area contributed by atoms with Gasteiger partial charge in [0, 0.05) is 0 Å². The molecule has 0 bridgehead atoms. The number of benzene rings is 1. The zero-order valence-corrected chi connectivity index (χ0v) is 9.16. The molecule has 0 radical (unpaired) electrons. The van der Waals surface area contributed by atoms with Gasteiger partial charge in [0.1, 0.15) is 5.75 Å². The van der Waals surface area contributed by atoms with Gasteiger partial charge < -0.3 is 4.74 Å². The highest BCUT2D eigenvalue weighted by atomic mass is 16.5. The summed E-state index contributed by atoms with van der Waals surface area (Å²) in [6.45, 7) is 10.1. The maximum Gasteiger partial charge on any atom is 0.119 e. The summed E-state index contributed by atoms with van der Waals surface area (Å²) < 4.78 is 5.74. The van der Waals surface area contributed by atoms with Crippen molar-refractivity contribution in [2.24, 2.45) is 5.92 Å². The molecule has 0 aliphatic carbocycles. The Hall–Kier alpha value is -1.24. The SMILES string of the molecule is C=Cc1ccc(OC(C)C(C)C)cc1. The highest BCUT2D eigenvalue weighted by molar-refractivity contribution is 5.48. The zero-order chi connectivity index (χ0) is 10.6. The van der Waals surface area contributed by atoms with Crippen LogP contribution < -0.4 is 4.74 Å². The van der Waals surface area contributed by atoms with Crippen molar-refractivity contribution in [1.29, 1.82) is 0 Å². The van der Waals surface area contributed by atoms with Gasteiger partial charge in [-0.2, -0.15) is 0 Å². The normalized spacial score (nSPS) is 12.6. The van der Waals surface area contributed by atoms with Crippen LogP contribution in [0, 0.1) is 5.92 Å². The van der Waals surface area contributed by atoms with Crippen molar-refractivity contribution in [2.75, 3.05) is 0 Å². The van der Waals surface area contributed by atoms with E-state index in [1.165, 1.54) is 0 Å². The van der Waals surface area contributed by atoms with Gasteiger partial charge in [-0.3, -0.25) is 0 Å². The van der Waals surface area contributed by atoms with Gasteiger partial charge in [0.2, 0.25) is 0 Å². The van der Waals surface area contributed by atoms with E-state index >= 15 is 0 Å². The number of ether oxygens (including phenoxy) is 1. The van der Waals surface area contributed by atoms with Crippen molar-refractivity contribution in [3.63, 3.8) is 0 Å². The predicted molar refractivity (Wildman–Crippen MR) is 61.5 cm³/mol. The second kappa shape index (κ2) is 4.85. The van der Waals surface area contributed by atoms with E-state index in [4.69, 9.17) is 4.74 Å². The van der Waals surface area contributed by atoms with E-state index in [9.17, 15) is 0 Å². The van der Waals surface area contributed by atoms with Crippen molar-refractivity contribution in [3.05, 3.63) is 36.4 Å². The summed E-state index contributed by atoms with van der Waals surface area (Å²) in [5, 5.41) is 0. The Balaban J connectivity index is 2.64. The maximum absolute atomic E-state index is 5.74. The van der Waals surface area contributed by atoms with Crippen LogP contribution in [0.4, 0.5) is 0 Å². The van der Waals surface area contributed by atoms with Crippen molar-refractivity contribution < 1.29 is 4.74 Å². The quantitative estimate of drug-likeness (QED) is 0.702. The van der Waals surface area contributed by atoms with Crippen molar-refractivity contribution >= 4 is 6.08 Å². The van der Waals surface area contributed by atoms with Crippen LogP contribution in [0.15, 0.2) is 30.8 Å². The average Bonchev–Trinajstić information content (AvgIpc) is 2.19. The lowest BCUT2D eigenvalue weighted by molar-refractivity contribution is 0.170. The molecule has 0 fully saturated rings. The van der Waals surface area contributed by atoms with Crippen LogP contribution in [-0.2, 0) is 0 Å². The Bertz CT molecular complexity index is 285. The van der Waals surface area contributed by atoms with Crippen LogP contribution in [0.2, 0.25) is 0 Å². The molecule has 14 heavy (non-hydrogen) atoms. The van der Waals surface area contributed by atoms with Crippen LogP contribution in [0.1, 0.15) is 26.3 Å². The molecule has 1 nitrogen and oxygen atoms in total. The minimum absolute atomic E-state index is 0.254. The maximum atomic E-state index is 5.74. The largest absolute Gasteiger partial charge is 0.490 e. The third kappa shape index (κ3) is 2.91. The first-order chi connectivity index (χ1) is 6.63. The number of rotatable bonds is 4. The Morgan fingerprint density at radius 1 is 1.14 bits per heavy atom. The molecular weight excluding hydrogens is 172 g/mol. The van der Waals surface area contributed by atoms with Crippen LogP contribution in [0.5, 0.6) is 5.75 Å². The molecule has 1 heteroatoms. The highest BCUT2D eigenvalue weighted by Crippen LogP contribution is 2.16.